The van der Waals surface area contributed by atoms with Crippen molar-refractivity contribution in [3.8, 4) is 5.75 Å². The second-order valence-corrected chi connectivity index (χ2v) is 11.2. The molecule has 0 aliphatic carbocycles. The van der Waals surface area contributed by atoms with Gasteiger partial charge in [0.15, 0.2) is 9.84 Å². The summed E-state index contributed by atoms with van der Waals surface area (Å²) in [6.07, 6.45) is 2.11. The smallest absolute Gasteiger partial charge is 0.225 e. The zero-order chi connectivity index (χ0) is 19.8. The summed E-state index contributed by atoms with van der Waals surface area (Å²) in [5.41, 5.74) is 0. The SMILES string of the molecule is COc1ccc(S(=O)(=O)C2CN(C(=O)C3CCN(S(C)(=O)=O)CC3)C2)cc1. The highest BCUT2D eigenvalue weighted by Crippen LogP contribution is 2.29. The number of carbonyl (C=O) groups is 1. The molecule has 0 saturated carbocycles. The summed E-state index contributed by atoms with van der Waals surface area (Å²) in [5.74, 6) is 0.261. The van der Waals surface area contributed by atoms with Gasteiger partial charge >= 0.3 is 0 Å². The molecule has 10 heteroatoms. The van der Waals surface area contributed by atoms with Crippen LogP contribution in [0.15, 0.2) is 29.2 Å². The largest absolute Gasteiger partial charge is 0.497 e. The van der Waals surface area contributed by atoms with Crippen molar-refractivity contribution in [2.45, 2.75) is 23.0 Å². The van der Waals surface area contributed by atoms with Crippen LogP contribution in [-0.4, -0.2) is 76.7 Å². The van der Waals surface area contributed by atoms with Crippen molar-refractivity contribution >= 4 is 25.8 Å². The van der Waals surface area contributed by atoms with Crippen molar-refractivity contribution in [3.05, 3.63) is 24.3 Å². The van der Waals surface area contributed by atoms with E-state index in [0.717, 1.165) is 0 Å². The Balaban J connectivity index is 1.56. The molecule has 2 fully saturated rings. The number of hydrogen-bond donors (Lipinski definition) is 0. The molecular weight excluding hydrogens is 392 g/mol. The van der Waals surface area contributed by atoms with Gasteiger partial charge in [0.1, 0.15) is 11.0 Å². The summed E-state index contributed by atoms with van der Waals surface area (Å²) in [5, 5.41) is -0.606. The van der Waals surface area contributed by atoms with Crippen molar-refractivity contribution in [2.75, 3.05) is 39.5 Å². The third-order valence-corrected chi connectivity index (χ3v) is 8.67. The van der Waals surface area contributed by atoms with Gasteiger partial charge in [-0.25, -0.2) is 21.1 Å². The number of likely N-dealkylation sites (tertiary alicyclic amines) is 1. The van der Waals surface area contributed by atoms with Crippen LogP contribution in [0.25, 0.3) is 0 Å². The number of hydrogen-bond acceptors (Lipinski definition) is 6. The third-order valence-electron chi connectivity index (χ3n) is 5.26. The molecule has 1 amide bonds. The minimum absolute atomic E-state index is 0.0793. The van der Waals surface area contributed by atoms with Gasteiger partial charge in [0, 0.05) is 32.1 Å². The molecule has 0 N–H and O–H groups in total. The van der Waals surface area contributed by atoms with Gasteiger partial charge < -0.3 is 9.64 Å². The van der Waals surface area contributed by atoms with E-state index in [0.29, 0.717) is 31.7 Å². The molecule has 8 nitrogen and oxygen atoms in total. The summed E-state index contributed by atoms with van der Waals surface area (Å²) in [7, 11) is -5.21. The average molecular weight is 417 g/mol. The zero-order valence-corrected chi connectivity index (χ0v) is 17.0. The number of amides is 1. The second-order valence-electron chi connectivity index (χ2n) is 7.02. The van der Waals surface area contributed by atoms with Crippen LogP contribution >= 0.6 is 0 Å². The molecule has 0 unspecified atom stereocenters. The topological polar surface area (TPSA) is 101 Å². The van der Waals surface area contributed by atoms with Gasteiger partial charge in [-0.3, -0.25) is 4.79 Å². The molecule has 2 heterocycles. The number of methoxy groups -OCH3 is 1. The molecule has 150 valence electrons. The van der Waals surface area contributed by atoms with Crippen molar-refractivity contribution in [1.29, 1.82) is 0 Å². The lowest BCUT2D eigenvalue weighted by atomic mass is 9.95. The van der Waals surface area contributed by atoms with Crippen LogP contribution in [0, 0.1) is 5.92 Å². The summed E-state index contributed by atoms with van der Waals surface area (Å²) in [4.78, 5) is 14.4. The Morgan fingerprint density at radius 2 is 1.59 bits per heavy atom. The lowest BCUT2D eigenvalue weighted by Gasteiger charge is -2.41. The van der Waals surface area contributed by atoms with E-state index in [1.165, 1.54) is 29.8 Å². The number of rotatable bonds is 5. The molecule has 0 aromatic heterocycles. The number of nitrogens with zero attached hydrogens (tertiary/aromatic N) is 2. The van der Waals surface area contributed by atoms with E-state index < -0.39 is 25.1 Å². The van der Waals surface area contributed by atoms with E-state index in [2.05, 4.69) is 0 Å². The lowest BCUT2D eigenvalue weighted by molar-refractivity contribution is -0.140. The highest BCUT2D eigenvalue weighted by molar-refractivity contribution is 7.92. The first kappa shape index (κ1) is 20.1. The monoisotopic (exact) mass is 416 g/mol. The fourth-order valence-corrected chi connectivity index (χ4v) is 5.99. The Bertz CT molecular complexity index is 897. The van der Waals surface area contributed by atoms with Crippen LogP contribution in [0.1, 0.15) is 12.8 Å². The fourth-order valence-electron chi connectivity index (χ4n) is 3.46. The average Bonchev–Trinajstić information content (AvgIpc) is 2.59. The van der Waals surface area contributed by atoms with Crippen LogP contribution in [0.3, 0.4) is 0 Å². The van der Waals surface area contributed by atoms with Gasteiger partial charge in [0.05, 0.1) is 18.3 Å². The Morgan fingerprint density at radius 1 is 1.04 bits per heavy atom. The summed E-state index contributed by atoms with van der Waals surface area (Å²) in [6, 6.07) is 6.23. The molecule has 3 rings (SSSR count). The molecule has 27 heavy (non-hydrogen) atoms. The summed E-state index contributed by atoms with van der Waals surface area (Å²) >= 11 is 0. The minimum Gasteiger partial charge on any atom is -0.497 e. The molecule has 1 aromatic carbocycles. The van der Waals surface area contributed by atoms with Crippen molar-refractivity contribution in [3.63, 3.8) is 0 Å². The number of carbonyl (C=O) groups excluding carboxylic acids is 1. The lowest BCUT2D eigenvalue weighted by Crippen LogP contribution is -2.59. The zero-order valence-electron chi connectivity index (χ0n) is 15.4. The van der Waals surface area contributed by atoms with Crippen molar-refractivity contribution < 1.29 is 26.4 Å². The molecular formula is C17H24N2O6S2. The Morgan fingerprint density at radius 3 is 2.07 bits per heavy atom. The van der Waals surface area contributed by atoms with Gasteiger partial charge in [-0.1, -0.05) is 0 Å². The number of piperidine rings is 1. The Kier molecular flexibility index (Phi) is 5.51. The third kappa shape index (κ3) is 4.12. The van der Waals surface area contributed by atoms with Gasteiger partial charge in [0.25, 0.3) is 0 Å². The summed E-state index contributed by atoms with van der Waals surface area (Å²) in [6.45, 7) is 1.02. The van der Waals surface area contributed by atoms with E-state index in [1.807, 2.05) is 0 Å². The first-order chi connectivity index (χ1) is 12.6. The van der Waals surface area contributed by atoms with Gasteiger partial charge in [-0.2, -0.15) is 0 Å². The molecule has 0 radical (unpaired) electrons. The minimum atomic E-state index is -3.49. The maximum atomic E-state index is 12.7. The Labute approximate surface area is 160 Å². The molecule has 0 atom stereocenters. The number of sulfone groups is 1. The maximum absolute atomic E-state index is 12.7. The van der Waals surface area contributed by atoms with Gasteiger partial charge in [-0.15, -0.1) is 0 Å². The molecule has 0 spiro atoms. The molecule has 2 saturated heterocycles. The molecule has 1 aromatic rings. The molecule has 0 bridgehead atoms. The van der Waals surface area contributed by atoms with Crippen LogP contribution < -0.4 is 4.74 Å². The first-order valence-electron chi connectivity index (χ1n) is 8.75. The number of sulfonamides is 1. The first-order valence-corrected chi connectivity index (χ1v) is 12.1. The van der Waals surface area contributed by atoms with E-state index in [-0.39, 0.29) is 29.8 Å². The maximum Gasteiger partial charge on any atom is 0.225 e. The Hall–Kier alpha value is -1.65. The highest BCUT2D eigenvalue weighted by Gasteiger charge is 2.43. The molecule has 2 aliphatic rings. The van der Waals surface area contributed by atoms with Crippen molar-refractivity contribution in [1.82, 2.24) is 9.21 Å². The normalized spacial score (nSPS) is 20.3. The van der Waals surface area contributed by atoms with Crippen LogP contribution in [-0.2, 0) is 24.7 Å². The van der Waals surface area contributed by atoms with Crippen molar-refractivity contribution in [2.24, 2.45) is 5.92 Å². The number of ether oxygens (including phenoxy) is 1. The van der Waals surface area contributed by atoms with Crippen LogP contribution in [0.4, 0.5) is 0 Å². The van der Waals surface area contributed by atoms with E-state index in [4.69, 9.17) is 4.74 Å². The van der Waals surface area contributed by atoms with Gasteiger partial charge in [0.2, 0.25) is 15.9 Å². The van der Waals surface area contributed by atoms with E-state index >= 15 is 0 Å². The fraction of sp³-hybridized carbons (Fsp3) is 0.588. The predicted molar refractivity (Wildman–Crippen MR) is 99.7 cm³/mol. The standard InChI is InChI=1S/C17H24N2O6S2/c1-25-14-3-5-15(6-4-14)27(23,24)16-11-18(12-16)17(20)13-7-9-19(10-8-13)26(2,21)22/h3-6,13,16H,7-12H2,1-2H3. The van der Waals surface area contributed by atoms with E-state index in [9.17, 15) is 21.6 Å². The predicted octanol–water partition coefficient (Wildman–Crippen LogP) is 0.351. The summed E-state index contributed by atoms with van der Waals surface area (Å²) < 4.78 is 54.8. The second kappa shape index (κ2) is 7.40. The number of benzene rings is 1. The van der Waals surface area contributed by atoms with Crippen LogP contribution in [0.5, 0.6) is 5.75 Å². The van der Waals surface area contributed by atoms with E-state index in [1.54, 1.807) is 17.0 Å². The quantitative estimate of drug-likeness (QED) is 0.687. The highest BCUT2D eigenvalue weighted by atomic mass is 32.2. The molecule has 2 aliphatic heterocycles. The van der Waals surface area contributed by atoms with Crippen LogP contribution in [0.2, 0.25) is 0 Å². The van der Waals surface area contributed by atoms with Gasteiger partial charge in [-0.05, 0) is 37.1 Å².